The van der Waals surface area contributed by atoms with Gasteiger partial charge in [0.1, 0.15) is 5.75 Å². The summed E-state index contributed by atoms with van der Waals surface area (Å²) in [5, 5.41) is 0. The van der Waals surface area contributed by atoms with Crippen molar-refractivity contribution < 1.29 is 9.53 Å². The van der Waals surface area contributed by atoms with Crippen molar-refractivity contribution in [2.45, 2.75) is 31.7 Å². The molecule has 2 aromatic carbocycles. The maximum absolute atomic E-state index is 13.1. The lowest BCUT2D eigenvalue weighted by molar-refractivity contribution is 0.0980. The summed E-state index contributed by atoms with van der Waals surface area (Å²) in [6.07, 6.45) is 4.62. The summed E-state index contributed by atoms with van der Waals surface area (Å²) in [7, 11) is 4.30. The molecule has 2 aliphatic heterocycles. The third-order valence-corrected chi connectivity index (χ3v) is 6.76. The van der Waals surface area contributed by atoms with Crippen LogP contribution < -0.4 is 14.5 Å². The number of amides is 1. The molecular weight excluding hydrogens is 374 g/mol. The van der Waals surface area contributed by atoms with Gasteiger partial charge in [0, 0.05) is 42.6 Å². The Morgan fingerprint density at radius 3 is 2.47 bits per heavy atom. The Labute approximate surface area is 179 Å². The van der Waals surface area contributed by atoms with Gasteiger partial charge >= 0.3 is 0 Å². The Morgan fingerprint density at radius 2 is 1.77 bits per heavy atom. The van der Waals surface area contributed by atoms with Crippen molar-refractivity contribution in [3.63, 3.8) is 0 Å². The van der Waals surface area contributed by atoms with Gasteiger partial charge in [0.2, 0.25) is 0 Å². The summed E-state index contributed by atoms with van der Waals surface area (Å²) in [5.41, 5.74) is 4.13. The van der Waals surface area contributed by atoms with Crippen molar-refractivity contribution in [1.82, 2.24) is 4.90 Å². The minimum atomic E-state index is 0.0894. The van der Waals surface area contributed by atoms with Crippen molar-refractivity contribution in [3.05, 3.63) is 53.6 Å². The molecular formula is C25H31N3O2. The number of hydrogen-bond acceptors (Lipinski definition) is 4. The van der Waals surface area contributed by atoms with E-state index >= 15 is 0 Å². The van der Waals surface area contributed by atoms with Crippen molar-refractivity contribution >= 4 is 17.3 Å². The average Bonchev–Trinajstić information content (AvgIpc) is 3.45. The van der Waals surface area contributed by atoms with Crippen molar-refractivity contribution in [1.29, 1.82) is 0 Å². The number of anilines is 2. The summed E-state index contributed by atoms with van der Waals surface area (Å²) >= 11 is 0. The lowest BCUT2D eigenvalue weighted by Gasteiger charge is -2.29. The van der Waals surface area contributed by atoms with Gasteiger partial charge in [0.15, 0.2) is 0 Å². The molecule has 5 heteroatoms. The first-order valence-corrected chi connectivity index (χ1v) is 11.2. The molecule has 2 aromatic rings. The molecule has 1 atom stereocenters. The average molecular weight is 406 g/mol. The second-order valence-electron chi connectivity index (χ2n) is 9.15. The second kappa shape index (κ2) is 7.95. The van der Waals surface area contributed by atoms with E-state index in [1.165, 1.54) is 24.9 Å². The molecule has 1 amide bonds. The molecule has 1 unspecified atom stereocenters. The normalized spacial score (nSPS) is 21.3. The third kappa shape index (κ3) is 3.91. The fourth-order valence-electron chi connectivity index (χ4n) is 4.54. The zero-order chi connectivity index (χ0) is 20.7. The number of ether oxygens (including phenoxy) is 1. The third-order valence-electron chi connectivity index (χ3n) is 6.76. The monoisotopic (exact) mass is 405 g/mol. The van der Waals surface area contributed by atoms with Crippen LogP contribution in [0, 0.1) is 5.92 Å². The number of likely N-dealkylation sites (N-methyl/N-ethyl adjacent to an activating group) is 1. The minimum Gasteiger partial charge on any atom is -0.493 e. The van der Waals surface area contributed by atoms with Gasteiger partial charge in [0.05, 0.1) is 6.61 Å². The molecule has 30 heavy (non-hydrogen) atoms. The quantitative estimate of drug-likeness (QED) is 0.732. The van der Waals surface area contributed by atoms with Crippen LogP contribution in [0.4, 0.5) is 11.4 Å². The summed E-state index contributed by atoms with van der Waals surface area (Å²) in [4.78, 5) is 19.8. The van der Waals surface area contributed by atoms with Gasteiger partial charge in [0.25, 0.3) is 5.91 Å². The van der Waals surface area contributed by atoms with Gasteiger partial charge < -0.3 is 19.4 Å². The Hall–Kier alpha value is -2.53. The van der Waals surface area contributed by atoms with E-state index in [0.29, 0.717) is 12.6 Å². The van der Waals surface area contributed by atoms with Gasteiger partial charge in [-0.2, -0.15) is 0 Å². The maximum atomic E-state index is 13.1. The molecule has 0 spiro atoms. The molecule has 158 valence electrons. The number of nitrogens with zero attached hydrogens (tertiary/aromatic N) is 3. The first kappa shape index (κ1) is 19.4. The number of rotatable bonds is 6. The largest absolute Gasteiger partial charge is 0.493 e. The predicted molar refractivity (Wildman–Crippen MR) is 121 cm³/mol. The first-order chi connectivity index (χ1) is 14.6. The van der Waals surface area contributed by atoms with E-state index in [1.54, 1.807) is 0 Å². The van der Waals surface area contributed by atoms with E-state index in [2.05, 4.69) is 54.2 Å². The SMILES string of the molecule is CN(C)C1CCN(c2ccc(N3CCc4cc(OCC5CC5)ccc4C3=O)cc2)C1. The number of benzene rings is 2. The van der Waals surface area contributed by atoms with E-state index in [1.807, 2.05) is 17.0 Å². The zero-order valence-electron chi connectivity index (χ0n) is 18.0. The molecule has 1 saturated heterocycles. The molecule has 1 saturated carbocycles. The van der Waals surface area contributed by atoms with E-state index < -0.39 is 0 Å². The molecule has 0 aromatic heterocycles. The van der Waals surface area contributed by atoms with Crippen LogP contribution in [0.15, 0.2) is 42.5 Å². The van der Waals surface area contributed by atoms with Crippen molar-refractivity contribution in [2.75, 3.05) is 50.1 Å². The van der Waals surface area contributed by atoms with Crippen LogP contribution in [-0.2, 0) is 6.42 Å². The molecule has 2 fully saturated rings. The molecule has 2 heterocycles. The topological polar surface area (TPSA) is 36.0 Å². The first-order valence-electron chi connectivity index (χ1n) is 11.2. The highest BCUT2D eigenvalue weighted by molar-refractivity contribution is 6.08. The van der Waals surface area contributed by atoms with Gasteiger partial charge in [-0.05, 0) is 93.7 Å². The van der Waals surface area contributed by atoms with E-state index in [4.69, 9.17) is 4.74 Å². The molecule has 0 bridgehead atoms. The van der Waals surface area contributed by atoms with Crippen LogP contribution in [0.3, 0.4) is 0 Å². The van der Waals surface area contributed by atoms with Gasteiger partial charge in [-0.15, -0.1) is 0 Å². The van der Waals surface area contributed by atoms with Gasteiger partial charge in [-0.3, -0.25) is 4.79 Å². The van der Waals surface area contributed by atoms with Crippen molar-refractivity contribution in [2.24, 2.45) is 5.92 Å². The van der Waals surface area contributed by atoms with Crippen LogP contribution in [-0.4, -0.2) is 57.2 Å². The molecule has 5 rings (SSSR count). The summed E-state index contributed by atoms with van der Waals surface area (Å²) < 4.78 is 5.89. The van der Waals surface area contributed by atoms with Crippen LogP contribution in [0.1, 0.15) is 35.2 Å². The fraction of sp³-hybridized carbons (Fsp3) is 0.480. The smallest absolute Gasteiger partial charge is 0.258 e. The second-order valence-corrected chi connectivity index (χ2v) is 9.15. The van der Waals surface area contributed by atoms with Crippen LogP contribution in [0.2, 0.25) is 0 Å². The summed E-state index contributed by atoms with van der Waals surface area (Å²) in [6.45, 7) is 3.66. The Balaban J connectivity index is 1.27. The predicted octanol–water partition coefficient (Wildman–Crippen LogP) is 3.82. The summed E-state index contributed by atoms with van der Waals surface area (Å²) in [6, 6.07) is 15.1. The highest BCUT2D eigenvalue weighted by Crippen LogP contribution is 2.32. The van der Waals surface area contributed by atoms with Crippen molar-refractivity contribution in [3.8, 4) is 5.75 Å². The lowest BCUT2D eigenvalue weighted by atomic mass is 9.98. The Kier molecular flexibility index (Phi) is 5.15. The van der Waals surface area contributed by atoms with Gasteiger partial charge in [-0.1, -0.05) is 0 Å². The summed E-state index contributed by atoms with van der Waals surface area (Å²) in [5.74, 6) is 1.72. The van der Waals surface area contributed by atoms with E-state index in [-0.39, 0.29) is 5.91 Å². The lowest BCUT2D eigenvalue weighted by Crippen LogP contribution is -2.37. The zero-order valence-corrected chi connectivity index (χ0v) is 18.0. The maximum Gasteiger partial charge on any atom is 0.258 e. The van der Waals surface area contributed by atoms with Crippen LogP contribution in [0.25, 0.3) is 0 Å². The Morgan fingerprint density at radius 1 is 1.00 bits per heavy atom. The molecule has 0 radical (unpaired) electrons. The number of carbonyl (C=O) groups is 1. The number of carbonyl (C=O) groups excluding carboxylic acids is 1. The fourth-order valence-corrected chi connectivity index (χ4v) is 4.54. The van der Waals surface area contributed by atoms with Crippen LogP contribution in [0.5, 0.6) is 5.75 Å². The standard InChI is InChI=1S/C25H31N3O2/c1-26(2)22-12-13-27(16-22)20-5-7-21(8-6-20)28-14-11-19-15-23(30-17-18-3-4-18)9-10-24(19)25(28)29/h5-10,15,18,22H,3-4,11-14,16-17H2,1-2H3. The van der Waals surface area contributed by atoms with E-state index in [0.717, 1.165) is 54.6 Å². The highest BCUT2D eigenvalue weighted by atomic mass is 16.5. The molecule has 1 aliphatic carbocycles. The molecule has 5 nitrogen and oxygen atoms in total. The number of hydrogen-bond donors (Lipinski definition) is 0. The highest BCUT2D eigenvalue weighted by Gasteiger charge is 2.28. The van der Waals surface area contributed by atoms with Crippen LogP contribution >= 0.6 is 0 Å². The minimum absolute atomic E-state index is 0.0894. The van der Waals surface area contributed by atoms with E-state index in [9.17, 15) is 4.79 Å². The molecule has 3 aliphatic rings. The number of fused-ring (bicyclic) bond motifs is 1. The Bertz CT molecular complexity index is 920. The molecule has 0 N–H and O–H groups in total. The van der Waals surface area contributed by atoms with Gasteiger partial charge in [-0.25, -0.2) is 0 Å².